The van der Waals surface area contributed by atoms with E-state index in [2.05, 4.69) is 9.88 Å². The molecule has 0 aromatic carbocycles. The summed E-state index contributed by atoms with van der Waals surface area (Å²) in [6, 6.07) is 6.04. The highest BCUT2D eigenvalue weighted by Crippen LogP contribution is 2.26. The lowest BCUT2D eigenvalue weighted by Gasteiger charge is -2.30. The topological polar surface area (TPSA) is 49.6 Å². The fourth-order valence-electron chi connectivity index (χ4n) is 3.44. The molecule has 5 heteroatoms. The van der Waals surface area contributed by atoms with Crippen LogP contribution in [-0.2, 0) is 0 Å². The van der Waals surface area contributed by atoms with Gasteiger partial charge in [-0.2, -0.15) is 0 Å². The molecule has 0 saturated carbocycles. The van der Waals surface area contributed by atoms with E-state index in [4.69, 9.17) is 4.42 Å². The molecule has 5 nitrogen and oxygen atoms in total. The van der Waals surface area contributed by atoms with Crippen molar-refractivity contribution >= 4 is 5.91 Å². The Balaban J connectivity index is 1.57. The summed E-state index contributed by atoms with van der Waals surface area (Å²) in [5.74, 6) is 0.459. The normalized spacial score (nSPS) is 24.3. The number of fused-ring (bicyclic) bond motifs is 4. The molecule has 3 saturated heterocycles. The van der Waals surface area contributed by atoms with Crippen LogP contribution in [0.4, 0.5) is 0 Å². The summed E-state index contributed by atoms with van der Waals surface area (Å²) in [5, 5.41) is 0. The standard InChI is InChI=1S/C17H19N3O2/c21-17(20-10-9-19-7-3-15(20)4-8-19)16-11-14(12-22-16)13-1-5-18-6-2-13/h1-2,5-6,11-12,15H,3-4,7-10H2. The van der Waals surface area contributed by atoms with Crippen molar-refractivity contribution in [2.45, 2.75) is 18.9 Å². The van der Waals surface area contributed by atoms with E-state index >= 15 is 0 Å². The number of aromatic nitrogens is 1. The molecular formula is C17H19N3O2. The molecule has 0 radical (unpaired) electrons. The third-order valence-electron chi connectivity index (χ3n) is 4.74. The molecule has 3 aliphatic heterocycles. The zero-order valence-electron chi connectivity index (χ0n) is 12.4. The number of pyridine rings is 1. The van der Waals surface area contributed by atoms with Gasteiger partial charge in [0.2, 0.25) is 0 Å². The molecule has 114 valence electrons. The van der Waals surface area contributed by atoms with E-state index in [1.807, 2.05) is 23.1 Å². The van der Waals surface area contributed by atoms with Crippen molar-refractivity contribution in [1.29, 1.82) is 0 Å². The summed E-state index contributed by atoms with van der Waals surface area (Å²) in [7, 11) is 0. The predicted octanol–water partition coefficient (Wildman–Crippen LogP) is 2.26. The van der Waals surface area contributed by atoms with E-state index in [1.54, 1.807) is 18.7 Å². The fourth-order valence-corrected chi connectivity index (χ4v) is 3.44. The van der Waals surface area contributed by atoms with Crippen molar-refractivity contribution in [3.05, 3.63) is 42.6 Å². The second-order valence-electron chi connectivity index (χ2n) is 6.01. The minimum Gasteiger partial charge on any atom is -0.459 e. The van der Waals surface area contributed by atoms with E-state index in [0.717, 1.165) is 50.1 Å². The van der Waals surface area contributed by atoms with Crippen LogP contribution >= 0.6 is 0 Å². The maximum Gasteiger partial charge on any atom is 0.289 e. The van der Waals surface area contributed by atoms with Gasteiger partial charge in [-0.3, -0.25) is 9.78 Å². The Bertz CT molecular complexity index is 660. The lowest BCUT2D eigenvalue weighted by molar-refractivity contribution is 0.0652. The summed E-state index contributed by atoms with van der Waals surface area (Å²) in [6.07, 6.45) is 7.28. The molecule has 5 heterocycles. The van der Waals surface area contributed by atoms with E-state index < -0.39 is 0 Å². The molecule has 2 aromatic heterocycles. The Morgan fingerprint density at radius 2 is 1.86 bits per heavy atom. The minimum absolute atomic E-state index is 0.0223. The lowest BCUT2D eigenvalue weighted by Crippen LogP contribution is -2.41. The Hall–Kier alpha value is -2.14. The second-order valence-corrected chi connectivity index (χ2v) is 6.01. The molecular weight excluding hydrogens is 278 g/mol. The van der Waals surface area contributed by atoms with Crippen LogP contribution in [0.2, 0.25) is 0 Å². The van der Waals surface area contributed by atoms with E-state index in [-0.39, 0.29) is 5.91 Å². The van der Waals surface area contributed by atoms with Crippen molar-refractivity contribution in [2.75, 3.05) is 26.2 Å². The molecule has 0 N–H and O–H groups in total. The number of nitrogens with zero attached hydrogens (tertiary/aromatic N) is 3. The molecule has 3 aliphatic rings. The van der Waals surface area contributed by atoms with Crippen LogP contribution in [0.5, 0.6) is 0 Å². The summed E-state index contributed by atoms with van der Waals surface area (Å²) in [4.78, 5) is 21.2. The van der Waals surface area contributed by atoms with Gasteiger partial charge in [0.1, 0.15) is 0 Å². The van der Waals surface area contributed by atoms with Crippen molar-refractivity contribution in [2.24, 2.45) is 0 Å². The van der Waals surface area contributed by atoms with Crippen molar-refractivity contribution in [3.8, 4) is 11.1 Å². The third-order valence-corrected chi connectivity index (χ3v) is 4.74. The number of carbonyl (C=O) groups is 1. The smallest absolute Gasteiger partial charge is 0.289 e. The fraction of sp³-hybridized carbons (Fsp3) is 0.412. The van der Waals surface area contributed by atoms with Gasteiger partial charge in [0.05, 0.1) is 6.26 Å². The Morgan fingerprint density at radius 1 is 1.09 bits per heavy atom. The van der Waals surface area contributed by atoms with Crippen LogP contribution in [-0.4, -0.2) is 52.9 Å². The van der Waals surface area contributed by atoms with Gasteiger partial charge in [0.15, 0.2) is 5.76 Å². The monoisotopic (exact) mass is 297 g/mol. The lowest BCUT2D eigenvalue weighted by atomic mass is 10.0. The number of rotatable bonds is 2. The Kier molecular flexibility index (Phi) is 3.42. The molecule has 2 bridgehead atoms. The van der Waals surface area contributed by atoms with Gasteiger partial charge in [0, 0.05) is 50.2 Å². The first kappa shape index (κ1) is 13.5. The second kappa shape index (κ2) is 5.57. The van der Waals surface area contributed by atoms with Crippen LogP contribution in [0.3, 0.4) is 0 Å². The largest absolute Gasteiger partial charge is 0.459 e. The maximum absolute atomic E-state index is 12.8. The van der Waals surface area contributed by atoms with Gasteiger partial charge in [-0.15, -0.1) is 0 Å². The number of hydrogen-bond donors (Lipinski definition) is 0. The molecule has 0 unspecified atom stereocenters. The van der Waals surface area contributed by atoms with Gasteiger partial charge >= 0.3 is 0 Å². The molecule has 2 aromatic rings. The summed E-state index contributed by atoms with van der Waals surface area (Å²) < 4.78 is 5.56. The van der Waals surface area contributed by atoms with Crippen LogP contribution < -0.4 is 0 Å². The van der Waals surface area contributed by atoms with Gasteiger partial charge in [-0.05, 0) is 36.6 Å². The molecule has 22 heavy (non-hydrogen) atoms. The van der Waals surface area contributed by atoms with Gasteiger partial charge in [-0.1, -0.05) is 0 Å². The van der Waals surface area contributed by atoms with Crippen molar-refractivity contribution < 1.29 is 9.21 Å². The Morgan fingerprint density at radius 3 is 2.64 bits per heavy atom. The third kappa shape index (κ3) is 2.41. The quantitative estimate of drug-likeness (QED) is 0.853. The average molecular weight is 297 g/mol. The van der Waals surface area contributed by atoms with Crippen molar-refractivity contribution in [1.82, 2.24) is 14.8 Å². The van der Waals surface area contributed by atoms with Gasteiger partial charge in [0.25, 0.3) is 5.91 Å². The van der Waals surface area contributed by atoms with Crippen LogP contribution in [0.25, 0.3) is 11.1 Å². The number of amides is 1. The highest BCUT2D eigenvalue weighted by atomic mass is 16.3. The highest BCUT2D eigenvalue weighted by Gasteiger charge is 2.33. The molecule has 3 fully saturated rings. The van der Waals surface area contributed by atoms with Crippen molar-refractivity contribution in [3.63, 3.8) is 0 Å². The molecule has 0 spiro atoms. The predicted molar refractivity (Wildman–Crippen MR) is 82.4 cm³/mol. The van der Waals surface area contributed by atoms with Crippen LogP contribution in [0, 0.1) is 0 Å². The van der Waals surface area contributed by atoms with Gasteiger partial charge in [-0.25, -0.2) is 0 Å². The number of piperidine rings is 1. The average Bonchev–Trinajstić information content (AvgIpc) is 2.88. The minimum atomic E-state index is 0.0223. The van der Waals surface area contributed by atoms with Crippen LogP contribution in [0.1, 0.15) is 23.4 Å². The first-order valence-corrected chi connectivity index (χ1v) is 7.83. The Labute approximate surface area is 129 Å². The van der Waals surface area contributed by atoms with E-state index in [9.17, 15) is 4.79 Å². The van der Waals surface area contributed by atoms with E-state index in [0.29, 0.717) is 11.8 Å². The number of furan rings is 1. The molecule has 0 atom stereocenters. The van der Waals surface area contributed by atoms with E-state index in [1.165, 1.54) is 0 Å². The van der Waals surface area contributed by atoms with Gasteiger partial charge < -0.3 is 14.2 Å². The molecule has 5 rings (SSSR count). The van der Waals surface area contributed by atoms with Crippen LogP contribution in [0.15, 0.2) is 41.3 Å². The zero-order chi connectivity index (χ0) is 14.9. The summed E-state index contributed by atoms with van der Waals surface area (Å²) in [6.45, 7) is 3.98. The first-order valence-electron chi connectivity index (χ1n) is 7.83. The first-order chi connectivity index (χ1) is 10.8. The number of hydrogen-bond acceptors (Lipinski definition) is 4. The summed E-state index contributed by atoms with van der Waals surface area (Å²) in [5.41, 5.74) is 1.94. The molecule has 0 aliphatic carbocycles. The maximum atomic E-state index is 12.8. The zero-order valence-corrected chi connectivity index (χ0v) is 12.4. The highest BCUT2D eigenvalue weighted by molar-refractivity contribution is 5.93. The molecule has 1 amide bonds. The summed E-state index contributed by atoms with van der Waals surface area (Å²) >= 11 is 0. The SMILES string of the molecule is O=C(c1cc(-c2ccncc2)co1)N1CCN2CCC1CC2. The number of carbonyl (C=O) groups excluding carboxylic acids is 1.